The normalized spacial score (nSPS) is 17.1. The van der Waals surface area contributed by atoms with Gasteiger partial charge in [-0.15, -0.1) is 0 Å². The van der Waals surface area contributed by atoms with Crippen LogP contribution in [0.15, 0.2) is 30.3 Å². The molecule has 2 aromatic carbocycles. The van der Waals surface area contributed by atoms with Crippen LogP contribution in [0.4, 0.5) is 0 Å². The van der Waals surface area contributed by atoms with Crippen LogP contribution >= 0.6 is 23.2 Å². The molecule has 0 bridgehead atoms. The second-order valence-corrected chi connectivity index (χ2v) is 11.8. The Morgan fingerprint density at radius 1 is 1.11 bits per heavy atom. The summed E-state index contributed by atoms with van der Waals surface area (Å²) in [4.78, 5) is 14.4. The maximum atomic E-state index is 12.2. The minimum atomic E-state index is -0.457. The molecule has 0 saturated carbocycles. The zero-order valence-electron chi connectivity index (χ0n) is 21.8. The van der Waals surface area contributed by atoms with E-state index in [1.54, 1.807) is 0 Å². The largest absolute Gasteiger partial charge is 0.492 e. The smallest absolute Gasteiger partial charge is 0.320 e. The molecular formula is C29H37Cl2NO4. The van der Waals surface area contributed by atoms with Gasteiger partial charge in [0.25, 0.3) is 0 Å². The molecule has 1 saturated heterocycles. The zero-order valence-corrected chi connectivity index (χ0v) is 23.3. The summed E-state index contributed by atoms with van der Waals surface area (Å²) in [6, 6.07) is 10.1. The summed E-state index contributed by atoms with van der Waals surface area (Å²) < 4.78 is 17.7. The van der Waals surface area contributed by atoms with Gasteiger partial charge in [-0.2, -0.15) is 0 Å². The molecule has 36 heavy (non-hydrogen) atoms. The lowest BCUT2D eigenvalue weighted by Gasteiger charge is -2.38. The lowest BCUT2D eigenvalue weighted by atomic mass is 9.74. The molecule has 196 valence electrons. The first-order valence-corrected chi connectivity index (χ1v) is 13.7. The monoisotopic (exact) mass is 533 g/mol. The fourth-order valence-electron chi connectivity index (χ4n) is 5.03. The molecule has 0 aromatic heterocycles. The number of esters is 1. The first kappa shape index (κ1) is 27.1. The topological polar surface area (TPSA) is 48.0 Å². The average Bonchev–Trinajstić information content (AvgIpc) is 3.15. The van der Waals surface area contributed by atoms with Gasteiger partial charge in [0.15, 0.2) is 0 Å². The molecule has 5 nitrogen and oxygen atoms in total. The number of aryl methyl sites for hydroxylation is 1. The molecule has 2 aliphatic heterocycles. The van der Waals surface area contributed by atoms with Crippen molar-refractivity contribution in [3.63, 3.8) is 0 Å². The second-order valence-electron chi connectivity index (χ2n) is 11.0. The van der Waals surface area contributed by atoms with Crippen molar-refractivity contribution < 1.29 is 19.0 Å². The van der Waals surface area contributed by atoms with Gasteiger partial charge in [0.05, 0.1) is 13.2 Å². The molecule has 2 heterocycles. The predicted octanol–water partition coefficient (Wildman–Crippen LogP) is 6.98. The van der Waals surface area contributed by atoms with Crippen molar-refractivity contribution in [1.82, 2.24) is 4.90 Å². The Kier molecular flexibility index (Phi) is 8.43. The highest BCUT2D eigenvalue weighted by molar-refractivity contribution is 6.36. The van der Waals surface area contributed by atoms with E-state index in [0.717, 1.165) is 67.8 Å². The van der Waals surface area contributed by atoms with Crippen molar-refractivity contribution in [3.05, 3.63) is 57.1 Å². The lowest BCUT2D eigenvalue weighted by Crippen LogP contribution is -2.46. The van der Waals surface area contributed by atoms with E-state index in [4.69, 9.17) is 37.4 Å². The van der Waals surface area contributed by atoms with Crippen LogP contribution in [0.2, 0.25) is 10.0 Å². The van der Waals surface area contributed by atoms with Crippen molar-refractivity contribution in [2.75, 3.05) is 26.2 Å². The van der Waals surface area contributed by atoms with E-state index in [-0.39, 0.29) is 11.4 Å². The Morgan fingerprint density at radius 3 is 2.44 bits per heavy atom. The van der Waals surface area contributed by atoms with Crippen molar-refractivity contribution in [2.45, 2.75) is 77.4 Å². The molecule has 2 aliphatic rings. The highest BCUT2D eigenvalue weighted by Crippen LogP contribution is 2.46. The van der Waals surface area contributed by atoms with E-state index in [1.165, 1.54) is 5.56 Å². The molecule has 0 atom stereocenters. The Labute approximate surface area is 225 Å². The third-order valence-corrected chi connectivity index (χ3v) is 7.69. The first-order chi connectivity index (χ1) is 17.1. The number of halogens is 2. The van der Waals surface area contributed by atoms with Crippen LogP contribution in [0.25, 0.3) is 0 Å². The van der Waals surface area contributed by atoms with Gasteiger partial charge in [-0.05, 0) is 83.3 Å². The Morgan fingerprint density at radius 2 is 1.81 bits per heavy atom. The van der Waals surface area contributed by atoms with Crippen LogP contribution in [-0.2, 0) is 28.0 Å². The molecular weight excluding hydrogens is 497 g/mol. The number of likely N-dealkylation sites (tertiary alicyclic amines) is 1. The fraction of sp³-hybridized carbons (Fsp3) is 0.552. The molecule has 4 rings (SSSR count). The SMILES string of the molecule is CCCCc1cc(Cl)c(COc2ccc3c(c2)OCC32CCN(CC(=O)OC(C)(C)C)CC2)c(Cl)c1. The van der Waals surface area contributed by atoms with Gasteiger partial charge < -0.3 is 14.2 Å². The van der Waals surface area contributed by atoms with Gasteiger partial charge in [0, 0.05) is 32.7 Å². The summed E-state index contributed by atoms with van der Waals surface area (Å²) in [5.41, 5.74) is 2.71. The van der Waals surface area contributed by atoms with Crippen molar-refractivity contribution in [1.29, 1.82) is 0 Å². The number of unbranched alkanes of at least 4 members (excludes halogenated alkanes) is 1. The number of piperidine rings is 1. The molecule has 1 fully saturated rings. The van der Waals surface area contributed by atoms with Gasteiger partial charge in [-0.1, -0.05) is 42.6 Å². The van der Waals surface area contributed by atoms with Gasteiger partial charge >= 0.3 is 5.97 Å². The van der Waals surface area contributed by atoms with Crippen LogP contribution < -0.4 is 9.47 Å². The fourth-order valence-corrected chi connectivity index (χ4v) is 5.67. The molecule has 0 radical (unpaired) electrons. The zero-order chi connectivity index (χ0) is 25.9. The predicted molar refractivity (Wildman–Crippen MR) is 145 cm³/mol. The van der Waals surface area contributed by atoms with Gasteiger partial charge in [0.2, 0.25) is 0 Å². The molecule has 1 spiro atoms. The van der Waals surface area contributed by atoms with Gasteiger partial charge in [0.1, 0.15) is 23.7 Å². The average molecular weight is 535 g/mol. The van der Waals surface area contributed by atoms with Crippen molar-refractivity contribution in [2.24, 2.45) is 0 Å². The lowest BCUT2D eigenvalue weighted by molar-refractivity contribution is -0.156. The summed E-state index contributed by atoms with van der Waals surface area (Å²) in [5, 5.41) is 1.28. The molecule has 0 aliphatic carbocycles. The van der Waals surface area contributed by atoms with Gasteiger partial charge in [-0.3, -0.25) is 9.69 Å². The van der Waals surface area contributed by atoms with E-state index >= 15 is 0 Å². The van der Waals surface area contributed by atoms with Gasteiger partial charge in [-0.25, -0.2) is 0 Å². The summed E-state index contributed by atoms with van der Waals surface area (Å²) in [6.07, 6.45) is 5.10. The number of ether oxygens (including phenoxy) is 3. The summed E-state index contributed by atoms with van der Waals surface area (Å²) in [7, 11) is 0. The maximum Gasteiger partial charge on any atom is 0.320 e. The van der Waals surface area contributed by atoms with E-state index in [2.05, 4.69) is 17.9 Å². The number of rotatable bonds is 8. The third kappa shape index (κ3) is 6.48. The van der Waals surface area contributed by atoms with E-state index in [9.17, 15) is 4.79 Å². The number of nitrogens with zero attached hydrogens (tertiary/aromatic N) is 1. The third-order valence-electron chi connectivity index (χ3n) is 7.02. The number of hydrogen-bond donors (Lipinski definition) is 0. The second kappa shape index (κ2) is 11.2. The van der Waals surface area contributed by atoms with Crippen LogP contribution in [0, 0.1) is 0 Å². The minimum absolute atomic E-state index is 0.0147. The van der Waals surface area contributed by atoms with Crippen LogP contribution in [-0.4, -0.2) is 42.7 Å². The number of carbonyl (C=O) groups excluding carboxylic acids is 1. The van der Waals surface area contributed by atoms with Crippen LogP contribution in [0.5, 0.6) is 11.5 Å². The Balaban J connectivity index is 1.36. The molecule has 0 unspecified atom stereocenters. The summed E-state index contributed by atoms with van der Waals surface area (Å²) >= 11 is 13.0. The first-order valence-electron chi connectivity index (χ1n) is 12.9. The van der Waals surface area contributed by atoms with Crippen LogP contribution in [0.3, 0.4) is 0 Å². The van der Waals surface area contributed by atoms with Crippen LogP contribution in [0.1, 0.15) is 70.1 Å². The quantitative estimate of drug-likeness (QED) is 0.342. The Bertz CT molecular complexity index is 1060. The maximum absolute atomic E-state index is 12.2. The summed E-state index contributed by atoms with van der Waals surface area (Å²) in [6.45, 7) is 10.8. The molecule has 0 amide bonds. The molecule has 2 aromatic rings. The highest BCUT2D eigenvalue weighted by Gasteiger charge is 2.43. The number of fused-ring (bicyclic) bond motifs is 2. The standard InChI is InChI=1S/C29H37Cl2NO4/c1-5-6-7-20-14-24(30)22(25(31)15-20)18-34-21-8-9-23-26(16-21)35-19-29(23)10-12-32(13-11-29)17-27(33)36-28(2,3)4/h8-9,14-16H,5-7,10-13,17-19H2,1-4H3. The number of carbonyl (C=O) groups is 1. The van der Waals surface area contributed by atoms with E-state index in [1.807, 2.05) is 45.0 Å². The van der Waals surface area contributed by atoms with Crippen molar-refractivity contribution >= 4 is 29.2 Å². The highest BCUT2D eigenvalue weighted by atomic mass is 35.5. The summed E-state index contributed by atoms with van der Waals surface area (Å²) in [5.74, 6) is 1.44. The number of hydrogen-bond acceptors (Lipinski definition) is 5. The molecule has 7 heteroatoms. The number of benzene rings is 2. The van der Waals surface area contributed by atoms with E-state index < -0.39 is 5.60 Å². The minimum Gasteiger partial charge on any atom is -0.492 e. The Hall–Kier alpha value is -1.95. The van der Waals surface area contributed by atoms with Crippen molar-refractivity contribution in [3.8, 4) is 11.5 Å². The van der Waals surface area contributed by atoms with E-state index in [0.29, 0.717) is 29.8 Å². The molecule has 0 N–H and O–H groups in total.